The molecule has 2 atom stereocenters. The van der Waals surface area contributed by atoms with Crippen molar-refractivity contribution >= 4 is 8.32 Å². The molecule has 0 saturated heterocycles. The van der Waals surface area contributed by atoms with Gasteiger partial charge in [0.1, 0.15) is 0 Å². The minimum Gasteiger partial charge on any atom is -0.413 e. The van der Waals surface area contributed by atoms with E-state index < -0.39 is 8.32 Å². The van der Waals surface area contributed by atoms with E-state index in [0.717, 1.165) is 6.42 Å². The lowest BCUT2D eigenvalue weighted by Crippen LogP contribution is -2.44. The van der Waals surface area contributed by atoms with E-state index >= 15 is 0 Å². The molecule has 104 valence electrons. The van der Waals surface area contributed by atoms with Crippen molar-refractivity contribution in [2.45, 2.75) is 72.2 Å². The Kier molecular flexibility index (Phi) is 6.40. The second-order valence-corrected chi connectivity index (χ2v) is 11.6. The van der Waals surface area contributed by atoms with Crippen molar-refractivity contribution in [3.63, 3.8) is 0 Å². The van der Waals surface area contributed by atoms with Crippen LogP contribution in [0.1, 0.15) is 48.0 Å². The number of hydrogen-bond acceptors (Lipinski definition) is 1. The van der Waals surface area contributed by atoms with E-state index in [2.05, 4.69) is 66.6 Å². The Morgan fingerprint density at radius 2 is 1.83 bits per heavy atom. The van der Waals surface area contributed by atoms with E-state index in [-0.39, 0.29) is 17.1 Å². The lowest BCUT2D eigenvalue weighted by atomic mass is 10.00. The van der Waals surface area contributed by atoms with Gasteiger partial charge in [-0.1, -0.05) is 32.4 Å². The van der Waals surface area contributed by atoms with Crippen molar-refractivity contribution in [3.05, 3.63) is 11.6 Å². The van der Waals surface area contributed by atoms with Crippen molar-refractivity contribution < 1.29 is 4.43 Å². The minimum atomic E-state index is -1.72. The summed E-state index contributed by atoms with van der Waals surface area (Å²) in [6.07, 6.45) is 8.89. The van der Waals surface area contributed by atoms with Gasteiger partial charge in [0, 0.05) is 5.92 Å². The summed E-state index contributed by atoms with van der Waals surface area (Å²) in [6.45, 7) is 17.6. The minimum absolute atomic E-state index is 0.131. The van der Waals surface area contributed by atoms with Gasteiger partial charge in [0.05, 0.1) is 6.10 Å². The number of rotatable bonds is 5. The Morgan fingerprint density at radius 1 is 1.33 bits per heavy atom. The summed E-state index contributed by atoms with van der Waals surface area (Å²) in [7, 11) is -1.72. The fourth-order valence-corrected chi connectivity index (χ4v) is 2.93. The van der Waals surface area contributed by atoms with Crippen LogP contribution in [0.15, 0.2) is 11.6 Å². The lowest BCUT2D eigenvalue weighted by Gasteiger charge is -2.39. The predicted molar refractivity (Wildman–Crippen MR) is 84.1 cm³/mol. The van der Waals surface area contributed by atoms with Gasteiger partial charge in [-0.15, -0.1) is 12.3 Å². The maximum absolute atomic E-state index is 6.35. The quantitative estimate of drug-likeness (QED) is 0.386. The fraction of sp³-hybridized carbons (Fsp3) is 0.750. The average Bonchev–Trinajstić information content (AvgIpc) is 2.15. The monoisotopic (exact) mass is 266 g/mol. The third-order valence-corrected chi connectivity index (χ3v) is 8.42. The fourth-order valence-electron chi connectivity index (χ4n) is 1.48. The maximum Gasteiger partial charge on any atom is 0.192 e. The standard InChI is InChI=1S/C16H30OSi/c1-10-15(12-11-13(2)3)14(4)17-18(8,9)16(5,6)7/h1,11,14-15H,12H2,2-9H3/t14-,15-/m0/s1. The van der Waals surface area contributed by atoms with Gasteiger partial charge in [-0.25, -0.2) is 0 Å². The van der Waals surface area contributed by atoms with Crippen LogP contribution in [-0.4, -0.2) is 14.4 Å². The molecule has 0 bridgehead atoms. The normalized spacial score (nSPS) is 15.7. The van der Waals surface area contributed by atoms with Crippen molar-refractivity contribution in [2.75, 3.05) is 0 Å². The Morgan fingerprint density at radius 3 is 2.17 bits per heavy atom. The van der Waals surface area contributed by atoms with Gasteiger partial charge in [0.15, 0.2) is 8.32 Å². The molecule has 2 heteroatoms. The highest BCUT2D eigenvalue weighted by Crippen LogP contribution is 2.38. The molecule has 18 heavy (non-hydrogen) atoms. The van der Waals surface area contributed by atoms with E-state index in [9.17, 15) is 0 Å². The van der Waals surface area contributed by atoms with Crippen LogP contribution in [-0.2, 0) is 4.43 Å². The van der Waals surface area contributed by atoms with Gasteiger partial charge in [0.2, 0.25) is 0 Å². The van der Waals surface area contributed by atoms with Crippen LogP contribution in [0.4, 0.5) is 0 Å². The molecule has 0 amide bonds. The summed E-state index contributed by atoms with van der Waals surface area (Å²) in [4.78, 5) is 0. The lowest BCUT2D eigenvalue weighted by molar-refractivity contribution is 0.161. The summed E-state index contributed by atoms with van der Waals surface area (Å²) in [5, 5.41) is 0.233. The molecule has 0 aliphatic carbocycles. The van der Waals surface area contributed by atoms with Crippen LogP contribution in [0, 0.1) is 18.3 Å². The van der Waals surface area contributed by atoms with Crippen LogP contribution < -0.4 is 0 Å². The summed E-state index contributed by atoms with van der Waals surface area (Å²) < 4.78 is 6.35. The first-order chi connectivity index (χ1) is 8.01. The second kappa shape index (κ2) is 6.59. The molecule has 0 aliphatic rings. The molecular formula is C16H30OSi. The summed E-state index contributed by atoms with van der Waals surface area (Å²) in [5.74, 6) is 3.06. The summed E-state index contributed by atoms with van der Waals surface area (Å²) >= 11 is 0. The van der Waals surface area contributed by atoms with Crippen LogP contribution in [0.5, 0.6) is 0 Å². The highest BCUT2D eigenvalue weighted by molar-refractivity contribution is 6.74. The van der Waals surface area contributed by atoms with Crippen molar-refractivity contribution in [3.8, 4) is 12.3 Å². The topological polar surface area (TPSA) is 9.23 Å². The number of hydrogen-bond donors (Lipinski definition) is 0. The Bertz CT molecular complexity index is 324. The third kappa shape index (κ3) is 5.41. The predicted octanol–water partition coefficient (Wildman–Crippen LogP) is 5.00. The zero-order valence-corrected chi connectivity index (χ0v) is 14.4. The number of terminal acetylenes is 1. The van der Waals surface area contributed by atoms with E-state index in [0.29, 0.717) is 0 Å². The number of allylic oxidation sites excluding steroid dienone is 2. The van der Waals surface area contributed by atoms with Crippen LogP contribution in [0.25, 0.3) is 0 Å². The highest BCUT2D eigenvalue weighted by Gasteiger charge is 2.39. The first-order valence-corrected chi connectivity index (χ1v) is 9.69. The van der Waals surface area contributed by atoms with E-state index in [1.807, 2.05) is 0 Å². The second-order valence-electron chi connectivity index (χ2n) is 6.87. The summed E-state index contributed by atoms with van der Waals surface area (Å²) in [6, 6.07) is 0. The Hall–Kier alpha value is -0.523. The van der Waals surface area contributed by atoms with Crippen LogP contribution >= 0.6 is 0 Å². The van der Waals surface area contributed by atoms with Gasteiger partial charge in [-0.05, 0) is 45.3 Å². The van der Waals surface area contributed by atoms with Crippen molar-refractivity contribution in [1.82, 2.24) is 0 Å². The molecule has 0 N–H and O–H groups in total. The molecule has 0 saturated carbocycles. The van der Waals surface area contributed by atoms with Gasteiger partial charge in [0.25, 0.3) is 0 Å². The van der Waals surface area contributed by atoms with E-state index in [1.54, 1.807) is 0 Å². The van der Waals surface area contributed by atoms with Crippen LogP contribution in [0.2, 0.25) is 18.1 Å². The zero-order valence-electron chi connectivity index (χ0n) is 13.4. The average molecular weight is 267 g/mol. The molecule has 1 nitrogen and oxygen atoms in total. The molecule has 0 aliphatic heterocycles. The summed E-state index contributed by atoms with van der Waals surface area (Å²) in [5.41, 5.74) is 1.31. The maximum atomic E-state index is 6.35. The molecule has 0 heterocycles. The largest absolute Gasteiger partial charge is 0.413 e. The Labute approximate surface area is 115 Å². The van der Waals surface area contributed by atoms with Crippen molar-refractivity contribution in [1.29, 1.82) is 0 Å². The van der Waals surface area contributed by atoms with Gasteiger partial charge < -0.3 is 4.43 Å². The molecular weight excluding hydrogens is 236 g/mol. The van der Waals surface area contributed by atoms with Crippen molar-refractivity contribution in [2.24, 2.45) is 5.92 Å². The smallest absolute Gasteiger partial charge is 0.192 e. The molecule has 0 rings (SSSR count). The molecule has 0 aromatic heterocycles. The van der Waals surface area contributed by atoms with Gasteiger partial charge >= 0.3 is 0 Å². The molecule has 0 spiro atoms. The zero-order chi connectivity index (χ0) is 14.6. The first kappa shape index (κ1) is 17.5. The highest BCUT2D eigenvalue weighted by atomic mass is 28.4. The molecule has 0 radical (unpaired) electrons. The first-order valence-electron chi connectivity index (χ1n) is 6.78. The SMILES string of the molecule is C#C[C@@H](CC=C(C)C)[C@H](C)O[Si](C)(C)C(C)(C)C. The molecule has 0 unspecified atom stereocenters. The van der Waals surface area contributed by atoms with Crippen LogP contribution in [0.3, 0.4) is 0 Å². The molecule has 0 fully saturated rings. The molecule has 0 aromatic carbocycles. The Balaban J connectivity index is 4.69. The van der Waals surface area contributed by atoms with E-state index in [4.69, 9.17) is 10.8 Å². The van der Waals surface area contributed by atoms with Gasteiger partial charge in [-0.2, -0.15) is 0 Å². The van der Waals surface area contributed by atoms with E-state index in [1.165, 1.54) is 5.57 Å². The third-order valence-electron chi connectivity index (χ3n) is 3.85. The molecule has 0 aromatic rings. The van der Waals surface area contributed by atoms with Gasteiger partial charge in [-0.3, -0.25) is 0 Å².